The van der Waals surface area contributed by atoms with E-state index in [0.29, 0.717) is 0 Å². The van der Waals surface area contributed by atoms with Gasteiger partial charge in [-0.3, -0.25) is 4.55 Å². The van der Waals surface area contributed by atoms with Crippen LogP contribution < -0.4 is 5.32 Å². The van der Waals surface area contributed by atoms with E-state index in [2.05, 4.69) is 20.3 Å². The molecule has 0 fully saturated rings. The van der Waals surface area contributed by atoms with Crippen molar-refractivity contribution in [2.24, 2.45) is 0 Å². The van der Waals surface area contributed by atoms with Gasteiger partial charge >= 0.3 is 12.2 Å². The molecule has 0 aliphatic heterocycles. The van der Waals surface area contributed by atoms with Crippen LogP contribution in [0.25, 0.3) is 0 Å². The van der Waals surface area contributed by atoms with Gasteiger partial charge in [0.1, 0.15) is 4.90 Å². The summed E-state index contributed by atoms with van der Waals surface area (Å²) in [6.45, 7) is 0. The predicted octanol–water partition coefficient (Wildman–Crippen LogP) is 1.14. The van der Waals surface area contributed by atoms with Gasteiger partial charge in [-0.15, -0.1) is 0 Å². The van der Waals surface area contributed by atoms with Gasteiger partial charge in [-0.1, -0.05) is 12.1 Å². The molecule has 1 aromatic heterocycles. The molecule has 19 heavy (non-hydrogen) atoms. The van der Waals surface area contributed by atoms with Crippen LogP contribution in [0, 0.1) is 12.2 Å². The second kappa shape index (κ2) is 4.82. The summed E-state index contributed by atoms with van der Waals surface area (Å²) < 4.78 is 56.7. The van der Waals surface area contributed by atoms with Crippen molar-refractivity contribution < 1.29 is 21.8 Å². The number of para-hydroxylation sites is 1. The van der Waals surface area contributed by atoms with Gasteiger partial charge in [0, 0.05) is 0 Å². The number of nitrogens with one attached hydrogen (secondary N) is 1. The lowest BCUT2D eigenvalue weighted by atomic mass is 10.3. The normalized spacial score (nSPS) is 11.3. The number of halogens is 2. The lowest BCUT2D eigenvalue weighted by Gasteiger charge is -2.08. The summed E-state index contributed by atoms with van der Waals surface area (Å²) in [6, 6.07) is 5.18. The van der Waals surface area contributed by atoms with E-state index in [9.17, 15) is 17.2 Å². The number of rotatable bonds is 3. The number of benzene rings is 1. The second-order valence-electron chi connectivity index (χ2n) is 3.29. The maximum atomic E-state index is 12.8. The van der Waals surface area contributed by atoms with Gasteiger partial charge in [0.05, 0.1) is 5.69 Å². The Bertz CT molecular complexity index is 703. The van der Waals surface area contributed by atoms with Gasteiger partial charge in [-0.05, 0) is 12.1 Å². The molecule has 7 nitrogen and oxygen atoms in total. The first-order valence-corrected chi connectivity index (χ1v) is 6.21. The molecule has 1 heterocycles. The fourth-order valence-corrected chi connectivity index (χ4v) is 1.94. The van der Waals surface area contributed by atoms with Crippen LogP contribution in [0.4, 0.5) is 20.4 Å². The van der Waals surface area contributed by atoms with Crippen LogP contribution in [0.15, 0.2) is 29.2 Å². The Balaban J connectivity index is 2.44. The average Bonchev–Trinajstić information content (AvgIpc) is 2.26. The Morgan fingerprint density at radius 3 is 2.21 bits per heavy atom. The van der Waals surface area contributed by atoms with Crippen LogP contribution in [0.1, 0.15) is 0 Å². The summed E-state index contributed by atoms with van der Waals surface area (Å²) >= 11 is 0. The molecule has 100 valence electrons. The molecule has 2 aromatic rings. The third kappa shape index (κ3) is 3.17. The molecule has 0 spiro atoms. The molecule has 0 saturated heterocycles. The highest BCUT2D eigenvalue weighted by Crippen LogP contribution is 2.22. The molecule has 0 atom stereocenters. The first-order chi connectivity index (χ1) is 8.86. The van der Waals surface area contributed by atoms with Crippen LogP contribution in [-0.2, 0) is 10.1 Å². The van der Waals surface area contributed by atoms with Crippen molar-refractivity contribution in [1.29, 1.82) is 0 Å². The molecule has 2 N–H and O–H groups in total. The van der Waals surface area contributed by atoms with E-state index >= 15 is 0 Å². The zero-order valence-electron chi connectivity index (χ0n) is 9.08. The maximum Gasteiger partial charge on any atom is 0.315 e. The van der Waals surface area contributed by atoms with Gasteiger partial charge in [0.15, 0.2) is 0 Å². The van der Waals surface area contributed by atoms with E-state index in [1.807, 2.05) is 0 Å². The Morgan fingerprint density at radius 1 is 1.05 bits per heavy atom. The molecule has 10 heteroatoms. The number of anilines is 2. The van der Waals surface area contributed by atoms with Crippen LogP contribution >= 0.6 is 0 Å². The van der Waals surface area contributed by atoms with E-state index in [4.69, 9.17) is 4.55 Å². The molecule has 0 aliphatic carbocycles. The zero-order valence-corrected chi connectivity index (χ0v) is 9.90. The van der Waals surface area contributed by atoms with Gasteiger partial charge in [-0.2, -0.15) is 32.2 Å². The minimum absolute atomic E-state index is 0.130. The largest absolute Gasteiger partial charge is 0.323 e. The molecule has 0 saturated carbocycles. The highest BCUT2D eigenvalue weighted by atomic mass is 32.2. The number of nitrogens with zero attached hydrogens (tertiary/aromatic N) is 3. The number of hydrogen-bond donors (Lipinski definition) is 2. The molecular weight excluding hydrogens is 282 g/mol. The van der Waals surface area contributed by atoms with Crippen molar-refractivity contribution in [3.05, 3.63) is 36.4 Å². The van der Waals surface area contributed by atoms with E-state index in [1.54, 1.807) is 0 Å². The van der Waals surface area contributed by atoms with Crippen LogP contribution in [0.2, 0.25) is 0 Å². The van der Waals surface area contributed by atoms with Crippen LogP contribution in [0.5, 0.6) is 0 Å². The second-order valence-corrected chi connectivity index (χ2v) is 4.68. The van der Waals surface area contributed by atoms with Crippen molar-refractivity contribution in [3.8, 4) is 0 Å². The fraction of sp³-hybridized carbons (Fsp3) is 0. The molecule has 0 amide bonds. The monoisotopic (exact) mass is 288 g/mol. The fourth-order valence-electron chi connectivity index (χ4n) is 1.30. The van der Waals surface area contributed by atoms with Crippen molar-refractivity contribution in [1.82, 2.24) is 15.0 Å². The van der Waals surface area contributed by atoms with Gasteiger partial charge in [0.2, 0.25) is 5.95 Å². The minimum atomic E-state index is -4.50. The Labute approximate surface area is 106 Å². The molecule has 0 aliphatic rings. The molecule has 0 unspecified atom stereocenters. The summed E-state index contributed by atoms with van der Waals surface area (Å²) in [7, 11) is -4.50. The quantitative estimate of drug-likeness (QED) is 0.816. The van der Waals surface area contributed by atoms with Crippen LogP contribution in [0.3, 0.4) is 0 Å². The number of aromatic nitrogens is 3. The van der Waals surface area contributed by atoms with Crippen molar-refractivity contribution in [3.63, 3.8) is 0 Å². The van der Waals surface area contributed by atoms with E-state index in [1.165, 1.54) is 18.2 Å². The van der Waals surface area contributed by atoms with Crippen LogP contribution in [-0.4, -0.2) is 27.9 Å². The smallest absolute Gasteiger partial charge is 0.315 e. The molecule has 2 rings (SSSR count). The Hall–Kier alpha value is -2.20. The SMILES string of the molecule is O=S(=O)(O)c1ccccc1Nc1nc(F)nc(F)n1. The minimum Gasteiger partial charge on any atom is -0.323 e. The van der Waals surface area contributed by atoms with E-state index in [0.717, 1.165) is 6.07 Å². The molecule has 0 radical (unpaired) electrons. The average molecular weight is 288 g/mol. The highest BCUT2D eigenvalue weighted by molar-refractivity contribution is 7.86. The first-order valence-electron chi connectivity index (χ1n) is 4.77. The lowest BCUT2D eigenvalue weighted by Crippen LogP contribution is -2.07. The lowest BCUT2D eigenvalue weighted by molar-refractivity contribution is 0.458. The maximum absolute atomic E-state index is 12.8. The summed E-state index contributed by atoms with van der Waals surface area (Å²) in [4.78, 5) is 8.48. The van der Waals surface area contributed by atoms with Crippen molar-refractivity contribution >= 4 is 21.8 Å². The summed E-state index contributed by atoms with van der Waals surface area (Å²) in [5, 5.41) is 2.28. The third-order valence-electron chi connectivity index (χ3n) is 1.99. The third-order valence-corrected chi connectivity index (χ3v) is 2.90. The van der Waals surface area contributed by atoms with Gasteiger partial charge < -0.3 is 5.32 Å². The standard InChI is InChI=1S/C9H6F2N4O3S/c10-7-13-8(11)15-9(14-7)12-5-3-1-2-4-6(5)19(16,17)18/h1-4H,(H,16,17,18)(H,12,13,14,15). The summed E-state index contributed by atoms with van der Waals surface area (Å²) in [5.74, 6) is -0.527. The Kier molecular flexibility index (Phi) is 3.36. The molecular formula is C9H6F2N4O3S. The predicted molar refractivity (Wildman–Crippen MR) is 59.3 cm³/mol. The van der Waals surface area contributed by atoms with Crippen molar-refractivity contribution in [2.45, 2.75) is 4.90 Å². The zero-order chi connectivity index (χ0) is 14.0. The number of hydrogen-bond acceptors (Lipinski definition) is 6. The van der Waals surface area contributed by atoms with Gasteiger partial charge in [-0.25, -0.2) is 0 Å². The summed E-state index contributed by atoms with van der Waals surface area (Å²) in [6.07, 6.45) is -2.72. The first kappa shape index (κ1) is 13.2. The van der Waals surface area contributed by atoms with Gasteiger partial charge in [0.25, 0.3) is 10.1 Å². The van der Waals surface area contributed by atoms with E-state index < -0.39 is 33.1 Å². The molecule has 0 bridgehead atoms. The summed E-state index contributed by atoms with van der Waals surface area (Å²) in [5.41, 5.74) is -0.130. The molecule has 1 aromatic carbocycles. The van der Waals surface area contributed by atoms with Crippen molar-refractivity contribution in [2.75, 3.05) is 5.32 Å². The van der Waals surface area contributed by atoms with E-state index in [-0.39, 0.29) is 5.69 Å². The highest BCUT2D eigenvalue weighted by Gasteiger charge is 2.16. The Morgan fingerprint density at radius 2 is 1.63 bits per heavy atom. The topological polar surface area (TPSA) is 105 Å².